The van der Waals surface area contributed by atoms with Crippen LogP contribution in [0.3, 0.4) is 0 Å². The van der Waals surface area contributed by atoms with E-state index in [1.165, 1.54) is 42.8 Å². The fourth-order valence-corrected chi connectivity index (χ4v) is 7.27. The molecule has 9 nitrogen and oxygen atoms in total. The van der Waals surface area contributed by atoms with Gasteiger partial charge in [0, 0.05) is 24.5 Å². The number of rotatable bonds is 11. The third-order valence-electron chi connectivity index (χ3n) is 6.95. The van der Waals surface area contributed by atoms with Gasteiger partial charge in [-0.15, -0.1) is 23.5 Å². The van der Waals surface area contributed by atoms with E-state index in [0.717, 1.165) is 23.6 Å². The maximum Gasteiger partial charge on any atom is 0.329 e. The Kier molecular flexibility index (Phi) is 13.6. The van der Waals surface area contributed by atoms with Crippen LogP contribution in [0.4, 0.5) is 0 Å². The molecule has 3 aliphatic heterocycles. The molecule has 0 fully saturated rings. The Bertz CT molecular complexity index is 1050. The smallest absolute Gasteiger partial charge is 0.329 e. The van der Waals surface area contributed by atoms with Gasteiger partial charge in [0.25, 0.3) is 0 Å². The average molecular weight is 625 g/mol. The number of unbranched alkanes of at least 4 members (excludes halogenated alkanes) is 4. The highest BCUT2D eigenvalue weighted by Crippen LogP contribution is 2.34. The zero-order valence-corrected chi connectivity index (χ0v) is 27.0. The second kappa shape index (κ2) is 16.6. The van der Waals surface area contributed by atoms with Crippen LogP contribution in [0.2, 0.25) is 0 Å². The maximum atomic E-state index is 13.3. The van der Waals surface area contributed by atoms with E-state index >= 15 is 0 Å². The van der Waals surface area contributed by atoms with Gasteiger partial charge in [0.15, 0.2) is 5.12 Å². The lowest BCUT2D eigenvalue weighted by molar-refractivity contribution is -0.153. The van der Waals surface area contributed by atoms with Crippen LogP contribution in [-0.4, -0.2) is 69.1 Å². The zero-order chi connectivity index (χ0) is 29.8. The summed E-state index contributed by atoms with van der Waals surface area (Å²) in [5, 5.41) is 12.0. The summed E-state index contributed by atoms with van der Waals surface area (Å²) in [7, 11) is 0. The highest BCUT2D eigenvalue weighted by atomic mass is 32.2. The molecule has 0 spiro atoms. The zero-order valence-electron chi connectivity index (χ0n) is 24.5. The van der Waals surface area contributed by atoms with Gasteiger partial charge in [-0.1, -0.05) is 64.3 Å². The second-order valence-electron chi connectivity index (χ2n) is 11.1. The number of fused-ring (bicyclic) bond motifs is 4. The first-order chi connectivity index (χ1) is 19.6. The Labute approximate surface area is 256 Å². The van der Waals surface area contributed by atoms with E-state index in [0.29, 0.717) is 30.9 Å². The summed E-state index contributed by atoms with van der Waals surface area (Å²) >= 11 is 4.37. The molecule has 0 aromatic heterocycles. The van der Waals surface area contributed by atoms with Crippen LogP contribution in [0.25, 0.3) is 0 Å². The van der Waals surface area contributed by atoms with Crippen molar-refractivity contribution in [3.8, 4) is 0 Å². The fraction of sp³-hybridized carbons (Fsp3) is 0.690. The third kappa shape index (κ3) is 10.7. The number of carbonyl (C=O) groups is 4. The van der Waals surface area contributed by atoms with Crippen molar-refractivity contribution in [1.82, 2.24) is 16.0 Å². The molecule has 4 bridgehead atoms. The first-order valence-corrected chi connectivity index (χ1v) is 17.5. The molecule has 228 valence electrons. The SMILES string of the molecule is CCCCCCCC(=O)SCC/C=C/[C@@H]1CC(=O)NCC2NC(=CS2)C2=N[C@@](C)(CS2)C(=O)N[C@@H](C(C)C)C(=O)O1. The minimum absolute atomic E-state index is 0.0389. The first-order valence-electron chi connectivity index (χ1n) is 14.6. The van der Waals surface area contributed by atoms with Gasteiger partial charge in [-0.3, -0.25) is 19.4 Å². The standard InChI is InChI=1S/C29H44N4O5S3/c1-5-6-7-8-9-13-24(35)39-14-11-10-12-20-15-22(34)30-16-23-31-21(17-40-23)26-33-29(4,18-41-26)28(37)32-25(19(2)3)27(36)38-20/h10,12,17,19-20,23,25,31H,5-9,11,13-16,18H2,1-4H3,(H,30,34)(H,32,37)/b12-10+/t20-,23?,25+,29+/m1/s1. The molecule has 12 heteroatoms. The Morgan fingerprint density at radius 2 is 2.00 bits per heavy atom. The Morgan fingerprint density at radius 3 is 2.76 bits per heavy atom. The summed E-state index contributed by atoms with van der Waals surface area (Å²) < 4.78 is 5.78. The summed E-state index contributed by atoms with van der Waals surface area (Å²) in [5.74, 6) is -0.305. The highest BCUT2D eigenvalue weighted by molar-refractivity contribution is 8.15. The Morgan fingerprint density at radius 1 is 1.22 bits per heavy atom. The lowest BCUT2D eigenvalue weighted by Gasteiger charge is -2.27. The number of allylic oxidation sites excluding steroid dienone is 1. The molecule has 0 radical (unpaired) electrons. The third-order valence-corrected chi connectivity index (χ3v) is 10.2. The second-order valence-corrected chi connectivity index (χ2v) is 14.3. The Balaban J connectivity index is 1.63. The Hall–Kier alpha value is -1.92. The summed E-state index contributed by atoms with van der Waals surface area (Å²) in [6.45, 7) is 8.01. The molecule has 1 unspecified atom stereocenters. The molecule has 3 heterocycles. The topological polar surface area (TPSA) is 126 Å². The number of nitrogens with zero attached hydrogens (tertiary/aromatic N) is 1. The van der Waals surface area contributed by atoms with E-state index < -0.39 is 23.7 Å². The van der Waals surface area contributed by atoms with E-state index in [4.69, 9.17) is 9.73 Å². The number of nitrogens with one attached hydrogen (secondary N) is 3. The van der Waals surface area contributed by atoms with Gasteiger partial charge >= 0.3 is 5.97 Å². The van der Waals surface area contributed by atoms with Crippen LogP contribution in [0.5, 0.6) is 0 Å². The molecule has 0 aliphatic carbocycles. The van der Waals surface area contributed by atoms with Crippen LogP contribution in [0.15, 0.2) is 28.2 Å². The van der Waals surface area contributed by atoms with Crippen LogP contribution in [0.1, 0.15) is 79.1 Å². The monoisotopic (exact) mass is 624 g/mol. The summed E-state index contributed by atoms with van der Waals surface area (Å²) in [6.07, 6.45) is 9.52. The van der Waals surface area contributed by atoms with Crippen LogP contribution < -0.4 is 16.0 Å². The molecule has 0 saturated carbocycles. The van der Waals surface area contributed by atoms with Crippen molar-refractivity contribution in [2.45, 2.75) is 102 Å². The molecule has 3 aliphatic rings. The normalized spacial score (nSPS) is 27.2. The van der Waals surface area contributed by atoms with Gasteiger partial charge in [0.2, 0.25) is 11.8 Å². The summed E-state index contributed by atoms with van der Waals surface area (Å²) in [5.41, 5.74) is -0.162. The summed E-state index contributed by atoms with van der Waals surface area (Å²) in [4.78, 5) is 56.2. The predicted molar refractivity (Wildman–Crippen MR) is 170 cm³/mol. The van der Waals surface area contributed by atoms with Crippen LogP contribution in [-0.2, 0) is 23.9 Å². The van der Waals surface area contributed by atoms with Gasteiger partial charge < -0.3 is 20.7 Å². The van der Waals surface area contributed by atoms with Gasteiger partial charge in [-0.2, -0.15) is 0 Å². The van der Waals surface area contributed by atoms with E-state index in [9.17, 15) is 19.2 Å². The average Bonchev–Trinajstić information content (AvgIpc) is 3.56. The minimum atomic E-state index is -1.01. The number of carbonyl (C=O) groups excluding carboxylic acids is 4. The van der Waals surface area contributed by atoms with Gasteiger partial charge in [0.05, 0.1) is 17.5 Å². The van der Waals surface area contributed by atoms with Gasteiger partial charge in [0.1, 0.15) is 22.7 Å². The number of aliphatic imine (C=N–C) groups is 1. The van der Waals surface area contributed by atoms with E-state index in [-0.39, 0.29) is 34.6 Å². The van der Waals surface area contributed by atoms with Gasteiger partial charge in [-0.25, -0.2) is 4.79 Å². The summed E-state index contributed by atoms with van der Waals surface area (Å²) in [6, 6.07) is -0.885. The molecule has 3 N–H and O–H groups in total. The maximum absolute atomic E-state index is 13.3. The lowest BCUT2D eigenvalue weighted by Crippen LogP contribution is -2.53. The molecular weight excluding hydrogens is 581 g/mol. The number of ether oxygens (including phenoxy) is 1. The molecule has 3 rings (SSSR count). The van der Waals surface area contributed by atoms with Crippen molar-refractivity contribution in [3.63, 3.8) is 0 Å². The van der Waals surface area contributed by atoms with Crippen molar-refractivity contribution in [3.05, 3.63) is 23.3 Å². The largest absolute Gasteiger partial charge is 0.456 e. The van der Waals surface area contributed by atoms with E-state index in [2.05, 4.69) is 22.9 Å². The van der Waals surface area contributed by atoms with E-state index in [1.807, 2.05) is 25.3 Å². The van der Waals surface area contributed by atoms with Crippen molar-refractivity contribution >= 4 is 63.2 Å². The molecule has 4 atom stereocenters. The highest BCUT2D eigenvalue weighted by Gasteiger charge is 2.42. The number of esters is 1. The van der Waals surface area contributed by atoms with Gasteiger partial charge in [-0.05, 0) is 37.2 Å². The fourth-order valence-electron chi connectivity index (χ4n) is 4.42. The predicted octanol–water partition coefficient (Wildman–Crippen LogP) is 4.53. The first kappa shape index (κ1) is 33.6. The van der Waals surface area contributed by atoms with Crippen molar-refractivity contribution in [2.75, 3.05) is 18.1 Å². The molecule has 0 saturated heterocycles. The molecular formula is C29H44N4O5S3. The molecule has 2 amide bonds. The number of hydrogen-bond donors (Lipinski definition) is 3. The van der Waals surface area contributed by atoms with E-state index in [1.54, 1.807) is 24.8 Å². The molecule has 0 aromatic carbocycles. The quantitative estimate of drug-likeness (QED) is 0.173. The van der Waals surface area contributed by atoms with Crippen molar-refractivity contribution < 1.29 is 23.9 Å². The minimum Gasteiger partial charge on any atom is -0.456 e. The number of amides is 2. The van der Waals surface area contributed by atoms with Crippen molar-refractivity contribution in [2.24, 2.45) is 10.9 Å². The van der Waals surface area contributed by atoms with Crippen LogP contribution in [0, 0.1) is 5.92 Å². The number of hydrogen-bond acceptors (Lipinski definition) is 10. The lowest BCUT2D eigenvalue weighted by atomic mass is 10.0. The molecule has 41 heavy (non-hydrogen) atoms. The molecule has 0 aromatic rings. The van der Waals surface area contributed by atoms with Crippen LogP contribution >= 0.6 is 35.3 Å². The number of cyclic esters (lactones) is 1. The number of thioether (sulfide) groups is 3. The van der Waals surface area contributed by atoms with Crippen molar-refractivity contribution in [1.29, 1.82) is 0 Å².